The number of anilines is 1. The van der Waals surface area contributed by atoms with Crippen molar-refractivity contribution in [3.63, 3.8) is 0 Å². The van der Waals surface area contributed by atoms with Crippen molar-refractivity contribution in [3.05, 3.63) is 65.2 Å². The Bertz CT molecular complexity index is 618. The van der Waals surface area contributed by atoms with Gasteiger partial charge < -0.3 is 5.32 Å². The third-order valence-corrected chi connectivity index (χ3v) is 3.06. The Morgan fingerprint density at radius 1 is 1.05 bits per heavy atom. The highest BCUT2D eigenvalue weighted by atomic mass is 32.1. The first kappa shape index (κ1) is 14.2. The van der Waals surface area contributed by atoms with Gasteiger partial charge in [-0.05, 0) is 49.3 Å². The Balaban J connectivity index is 1.89. The normalized spacial score (nSPS) is 10.5. The molecule has 2 aromatic rings. The maximum atomic E-state index is 5.18. The molecule has 0 aliphatic rings. The number of rotatable bonds is 3. The fraction of sp³-hybridized carbons (Fsp3) is 0.125. The van der Waals surface area contributed by atoms with E-state index in [9.17, 15) is 0 Å². The molecule has 102 valence electrons. The second-order valence-electron chi connectivity index (χ2n) is 4.55. The van der Waals surface area contributed by atoms with Gasteiger partial charge in [-0.2, -0.15) is 5.10 Å². The summed E-state index contributed by atoms with van der Waals surface area (Å²) in [4.78, 5) is 0. The molecular weight excluding hydrogens is 266 g/mol. The number of hydrogen-bond donors (Lipinski definition) is 2. The third kappa shape index (κ3) is 4.17. The molecule has 0 amide bonds. The van der Waals surface area contributed by atoms with Gasteiger partial charge in [-0.15, -0.1) is 0 Å². The van der Waals surface area contributed by atoms with Crippen LogP contribution < -0.4 is 10.7 Å². The lowest BCUT2D eigenvalue weighted by Crippen LogP contribution is -2.23. The summed E-state index contributed by atoms with van der Waals surface area (Å²) in [5.74, 6) is 0. The van der Waals surface area contributed by atoms with Gasteiger partial charge in [0.1, 0.15) is 0 Å². The Labute approximate surface area is 124 Å². The number of hydrazone groups is 1. The standard InChI is InChI=1S/C16H17N3S/c1-12-7-9-15(10-8-12)18-16(20)19-17-11-14-6-4-3-5-13(14)2/h3-11H,1-2H3,(H2,18,19,20)/b17-11+. The van der Waals surface area contributed by atoms with E-state index in [1.807, 2.05) is 62.4 Å². The van der Waals surface area contributed by atoms with Crippen molar-refractivity contribution in [1.82, 2.24) is 5.43 Å². The SMILES string of the molecule is Cc1ccc(NC(=S)N/N=C/c2ccccc2C)cc1. The summed E-state index contributed by atoms with van der Waals surface area (Å²) in [6.45, 7) is 4.09. The highest BCUT2D eigenvalue weighted by molar-refractivity contribution is 7.80. The lowest BCUT2D eigenvalue weighted by molar-refractivity contribution is 1.05. The quantitative estimate of drug-likeness (QED) is 0.513. The molecule has 0 atom stereocenters. The van der Waals surface area contributed by atoms with Crippen molar-refractivity contribution >= 4 is 29.2 Å². The first-order valence-corrected chi connectivity index (χ1v) is 6.78. The van der Waals surface area contributed by atoms with Crippen molar-refractivity contribution in [2.24, 2.45) is 5.10 Å². The minimum Gasteiger partial charge on any atom is -0.331 e. The number of aryl methyl sites for hydroxylation is 2. The lowest BCUT2D eigenvalue weighted by Gasteiger charge is -2.07. The van der Waals surface area contributed by atoms with Crippen LogP contribution in [0, 0.1) is 13.8 Å². The minimum absolute atomic E-state index is 0.471. The second kappa shape index (κ2) is 6.82. The summed E-state index contributed by atoms with van der Waals surface area (Å²) >= 11 is 5.18. The van der Waals surface area contributed by atoms with Crippen molar-refractivity contribution in [1.29, 1.82) is 0 Å². The van der Waals surface area contributed by atoms with Crippen molar-refractivity contribution in [2.45, 2.75) is 13.8 Å². The number of benzene rings is 2. The Kier molecular flexibility index (Phi) is 4.85. The monoisotopic (exact) mass is 283 g/mol. The molecule has 0 aliphatic carbocycles. The Morgan fingerprint density at radius 2 is 1.75 bits per heavy atom. The molecule has 2 rings (SSSR count). The minimum atomic E-state index is 0.471. The zero-order valence-electron chi connectivity index (χ0n) is 11.6. The fourth-order valence-corrected chi connectivity index (χ4v) is 1.86. The predicted molar refractivity (Wildman–Crippen MR) is 89.3 cm³/mol. The first-order valence-electron chi connectivity index (χ1n) is 6.37. The van der Waals surface area contributed by atoms with Crippen LogP contribution in [-0.4, -0.2) is 11.3 Å². The molecule has 2 N–H and O–H groups in total. The summed E-state index contributed by atoms with van der Waals surface area (Å²) in [6, 6.07) is 16.1. The second-order valence-corrected chi connectivity index (χ2v) is 4.95. The summed E-state index contributed by atoms with van der Waals surface area (Å²) in [6.07, 6.45) is 1.76. The molecule has 0 aromatic heterocycles. The van der Waals surface area contributed by atoms with Crippen LogP contribution in [0.25, 0.3) is 0 Å². The van der Waals surface area contributed by atoms with E-state index < -0.39 is 0 Å². The van der Waals surface area contributed by atoms with E-state index in [2.05, 4.69) is 15.8 Å². The van der Waals surface area contributed by atoms with Crippen LogP contribution >= 0.6 is 12.2 Å². The van der Waals surface area contributed by atoms with Crippen LogP contribution in [0.1, 0.15) is 16.7 Å². The molecule has 0 aliphatic heterocycles. The van der Waals surface area contributed by atoms with Gasteiger partial charge in [0, 0.05) is 5.69 Å². The van der Waals surface area contributed by atoms with E-state index in [0.29, 0.717) is 5.11 Å². The van der Waals surface area contributed by atoms with E-state index in [-0.39, 0.29) is 0 Å². The molecule has 0 spiro atoms. The average molecular weight is 283 g/mol. The molecule has 0 saturated carbocycles. The third-order valence-electron chi connectivity index (χ3n) is 2.87. The smallest absolute Gasteiger partial charge is 0.191 e. The molecule has 20 heavy (non-hydrogen) atoms. The molecule has 0 fully saturated rings. The van der Waals surface area contributed by atoms with E-state index in [0.717, 1.165) is 11.3 Å². The maximum Gasteiger partial charge on any atom is 0.191 e. The average Bonchev–Trinajstić information content (AvgIpc) is 2.43. The number of nitrogens with one attached hydrogen (secondary N) is 2. The zero-order chi connectivity index (χ0) is 14.4. The van der Waals surface area contributed by atoms with E-state index in [4.69, 9.17) is 12.2 Å². The van der Waals surface area contributed by atoms with E-state index >= 15 is 0 Å². The van der Waals surface area contributed by atoms with Crippen LogP contribution in [0.4, 0.5) is 5.69 Å². The fourth-order valence-electron chi connectivity index (χ4n) is 1.69. The highest BCUT2D eigenvalue weighted by Crippen LogP contribution is 2.08. The lowest BCUT2D eigenvalue weighted by atomic mass is 10.1. The van der Waals surface area contributed by atoms with Gasteiger partial charge in [0.25, 0.3) is 0 Å². The molecule has 0 bridgehead atoms. The molecule has 3 nitrogen and oxygen atoms in total. The molecule has 2 aromatic carbocycles. The van der Waals surface area contributed by atoms with Gasteiger partial charge in [-0.1, -0.05) is 42.0 Å². The zero-order valence-corrected chi connectivity index (χ0v) is 12.4. The molecule has 0 unspecified atom stereocenters. The van der Waals surface area contributed by atoms with Crippen LogP contribution in [-0.2, 0) is 0 Å². The molecule has 0 saturated heterocycles. The highest BCUT2D eigenvalue weighted by Gasteiger charge is 1.96. The largest absolute Gasteiger partial charge is 0.331 e. The predicted octanol–water partition coefficient (Wildman–Crippen LogP) is 3.62. The van der Waals surface area contributed by atoms with Gasteiger partial charge in [-0.25, -0.2) is 0 Å². The molecule has 0 radical (unpaired) electrons. The van der Waals surface area contributed by atoms with E-state index in [1.54, 1.807) is 6.21 Å². The number of nitrogens with zero attached hydrogens (tertiary/aromatic N) is 1. The van der Waals surface area contributed by atoms with Crippen LogP contribution in [0.15, 0.2) is 53.6 Å². The van der Waals surface area contributed by atoms with Gasteiger partial charge in [0.15, 0.2) is 5.11 Å². The van der Waals surface area contributed by atoms with Crippen LogP contribution in [0.5, 0.6) is 0 Å². The summed E-state index contributed by atoms with van der Waals surface area (Å²) in [5.41, 5.74) is 7.21. The molecular formula is C16H17N3S. The number of thiocarbonyl (C=S) groups is 1. The number of hydrogen-bond acceptors (Lipinski definition) is 2. The van der Waals surface area contributed by atoms with Crippen molar-refractivity contribution in [2.75, 3.05) is 5.32 Å². The topological polar surface area (TPSA) is 36.4 Å². The Morgan fingerprint density at radius 3 is 2.45 bits per heavy atom. The van der Waals surface area contributed by atoms with Crippen LogP contribution in [0.2, 0.25) is 0 Å². The molecule has 0 heterocycles. The van der Waals surface area contributed by atoms with E-state index in [1.165, 1.54) is 11.1 Å². The summed E-state index contributed by atoms with van der Waals surface area (Å²) in [7, 11) is 0. The van der Waals surface area contributed by atoms with Gasteiger partial charge >= 0.3 is 0 Å². The van der Waals surface area contributed by atoms with Crippen molar-refractivity contribution < 1.29 is 0 Å². The summed E-state index contributed by atoms with van der Waals surface area (Å²) < 4.78 is 0. The summed E-state index contributed by atoms with van der Waals surface area (Å²) in [5, 5.41) is 7.68. The van der Waals surface area contributed by atoms with Gasteiger partial charge in [0.2, 0.25) is 0 Å². The maximum absolute atomic E-state index is 5.18. The van der Waals surface area contributed by atoms with Gasteiger partial charge in [0.05, 0.1) is 6.21 Å². The Hall–Kier alpha value is -2.20. The first-order chi connectivity index (χ1) is 9.65. The van der Waals surface area contributed by atoms with Gasteiger partial charge in [-0.3, -0.25) is 5.43 Å². The van der Waals surface area contributed by atoms with Crippen molar-refractivity contribution in [3.8, 4) is 0 Å². The molecule has 4 heteroatoms. The van der Waals surface area contributed by atoms with Crippen LogP contribution in [0.3, 0.4) is 0 Å².